The van der Waals surface area contributed by atoms with Gasteiger partial charge in [-0.1, -0.05) is 54.6 Å². The van der Waals surface area contributed by atoms with Crippen molar-refractivity contribution in [2.24, 2.45) is 0 Å². The van der Waals surface area contributed by atoms with Crippen LogP contribution in [0.2, 0.25) is 0 Å². The van der Waals surface area contributed by atoms with E-state index in [1.165, 1.54) is 16.7 Å². The zero-order chi connectivity index (χ0) is 14.2. The minimum atomic E-state index is 0.307. The highest BCUT2D eigenvalue weighted by atomic mass is 16.5. The van der Waals surface area contributed by atoms with Crippen molar-refractivity contribution in [1.82, 2.24) is 5.32 Å². The average molecular weight is 269 g/mol. The average Bonchev–Trinajstić information content (AvgIpc) is 2.48. The Morgan fingerprint density at radius 1 is 0.900 bits per heavy atom. The van der Waals surface area contributed by atoms with Gasteiger partial charge in [0.1, 0.15) is 0 Å². The van der Waals surface area contributed by atoms with Gasteiger partial charge in [0, 0.05) is 13.1 Å². The first-order valence-electron chi connectivity index (χ1n) is 7.22. The van der Waals surface area contributed by atoms with Crippen molar-refractivity contribution >= 4 is 0 Å². The van der Waals surface area contributed by atoms with Gasteiger partial charge in [0.25, 0.3) is 0 Å². The Labute approximate surface area is 121 Å². The zero-order valence-corrected chi connectivity index (χ0v) is 12.3. The molecular weight excluding hydrogens is 246 g/mol. The number of benzene rings is 2. The molecule has 2 aromatic rings. The second kappa shape index (κ2) is 7.83. The molecule has 2 rings (SSSR count). The Balaban J connectivity index is 1.80. The SMILES string of the molecule is CC(C)OCCNCc1ccc(-c2ccccc2)cc1. The van der Waals surface area contributed by atoms with Crippen LogP contribution in [0, 0.1) is 0 Å². The smallest absolute Gasteiger partial charge is 0.0594 e. The summed E-state index contributed by atoms with van der Waals surface area (Å²) < 4.78 is 5.49. The topological polar surface area (TPSA) is 21.3 Å². The highest BCUT2D eigenvalue weighted by Crippen LogP contribution is 2.19. The van der Waals surface area contributed by atoms with E-state index >= 15 is 0 Å². The lowest BCUT2D eigenvalue weighted by Crippen LogP contribution is -2.20. The Hall–Kier alpha value is -1.64. The normalized spacial score (nSPS) is 10.9. The highest BCUT2D eigenvalue weighted by Gasteiger charge is 1.98. The summed E-state index contributed by atoms with van der Waals surface area (Å²) in [7, 11) is 0. The van der Waals surface area contributed by atoms with E-state index in [-0.39, 0.29) is 0 Å². The van der Waals surface area contributed by atoms with Gasteiger partial charge in [-0.15, -0.1) is 0 Å². The maximum Gasteiger partial charge on any atom is 0.0594 e. The van der Waals surface area contributed by atoms with Crippen molar-refractivity contribution in [2.75, 3.05) is 13.2 Å². The van der Waals surface area contributed by atoms with Gasteiger partial charge < -0.3 is 10.1 Å². The monoisotopic (exact) mass is 269 g/mol. The predicted octanol–water partition coefficient (Wildman–Crippen LogP) is 3.87. The predicted molar refractivity (Wildman–Crippen MR) is 84.7 cm³/mol. The molecule has 0 unspecified atom stereocenters. The Morgan fingerprint density at radius 3 is 2.20 bits per heavy atom. The van der Waals surface area contributed by atoms with Gasteiger partial charge in [-0.25, -0.2) is 0 Å². The molecule has 0 atom stereocenters. The molecule has 0 aliphatic carbocycles. The molecule has 0 aliphatic heterocycles. The van der Waals surface area contributed by atoms with Crippen molar-refractivity contribution < 1.29 is 4.74 Å². The number of ether oxygens (including phenoxy) is 1. The summed E-state index contributed by atoms with van der Waals surface area (Å²) in [6.07, 6.45) is 0.307. The van der Waals surface area contributed by atoms with Crippen LogP contribution < -0.4 is 5.32 Å². The third kappa shape index (κ3) is 4.80. The molecule has 0 bridgehead atoms. The lowest BCUT2D eigenvalue weighted by atomic mass is 10.0. The van der Waals surface area contributed by atoms with Gasteiger partial charge in [-0.2, -0.15) is 0 Å². The fraction of sp³-hybridized carbons (Fsp3) is 0.333. The molecule has 0 aromatic heterocycles. The molecule has 0 saturated heterocycles. The summed E-state index contributed by atoms with van der Waals surface area (Å²) in [4.78, 5) is 0. The molecule has 2 heteroatoms. The van der Waals surface area contributed by atoms with Crippen molar-refractivity contribution in [3.63, 3.8) is 0 Å². The van der Waals surface area contributed by atoms with Crippen LogP contribution in [0.25, 0.3) is 11.1 Å². The van der Waals surface area contributed by atoms with Crippen LogP contribution in [0.1, 0.15) is 19.4 Å². The highest BCUT2D eigenvalue weighted by molar-refractivity contribution is 5.63. The van der Waals surface area contributed by atoms with E-state index in [4.69, 9.17) is 4.74 Å². The number of nitrogens with one attached hydrogen (secondary N) is 1. The van der Waals surface area contributed by atoms with E-state index < -0.39 is 0 Å². The molecule has 0 amide bonds. The van der Waals surface area contributed by atoms with Gasteiger partial charge >= 0.3 is 0 Å². The molecule has 0 heterocycles. The third-order valence-corrected chi connectivity index (χ3v) is 3.12. The number of hydrogen-bond acceptors (Lipinski definition) is 2. The molecule has 106 valence electrons. The van der Waals surface area contributed by atoms with Gasteiger partial charge in [0.2, 0.25) is 0 Å². The van der Waals surface area contributed by atoms with E-state index in [9.17, 15) is 0 Å². The Kier molecular flexibility index (Phi) is 5.78. The molecule has 0 saturated carbocycles. The van der Waals surface area contributed by atoms with Crippen LogP contribution in [0.3, 0.4) is 0 Å². The summed E-state index contributed by atoms with van der Waals surface area (Å²) in [5, 5.41) is 3.39. The second-order valence-electron chi connectivity index (χ2n) is 5.16. The van der Waals surface area contributed by atoms with Crippen molar-refractivity contribution in [2.45, 2.75) is 26.5 Å². The minimum Gasteiger partial charge on any atom is -0.377 e. The van der Waals surface area contributed by atoms with Crippen molar-refractivity contribution in [1.29, 1.82) is 0 Å². The maximum absolute atomic E-state index is 5.49. The van der Waals surface area contributed by atoms with Crippen molar-refractivity contribution in [3.8, 4) is 11.1 Å². The molecule has 2 aromatic carbocycles. The molecule has 0 fully saturated rings. The fourth-order valence-corrected chi connectivity index (χ4v) is 2.05. The number of hydrogen-bond donors (Lipinski definition) is 1. The van der Waals surface area contributed by atoms with E-state index in [0.717, 1.165) is 19.7 Å². The van der Waals surface area contributed by atoms with Crippen molar-refractivity contribution in [3.05, 3.63) is 60.2 Å². The molecule has 2 nitrogen and oxygen atoms in total. The second-order valence-corrected chi connectivity index (χ2v) is 5.16. The van der Waals surface area contributed by atoms with Crippen LogP contribution >= 0.6 is 0 Å². The van der Waals surface area contributed by atoms with E-state index in [0.29, 0.717) is 6.10 Å². The van der Waals surface area contributed by atoms with Crippen LogP contribution in [-0.4, -0.2) is 19.3 Å². The third-order valence-electron chi connectivity index (χ3n) is 3.12. The van der Waals surface area contributed by atoms with Crippen LogP contribution in [-0.2, 0) is 11.3 Å². The number of rotatable bonds is 7. The standard InChI is InChI=1S/C18H23NO/c1-15(2)20-13-12-19-14-16-8-10-18(11-9-16)17-6-4-3-5-7-17/h3-11,15,19H,12-14H2,1-2H3. The Bertz CT molecular complexity index is 491. The van der Waals surface area contributed by atoms with Crippen LogP contribution in [0.4, 0.5) is 0 Å². The minimum absolute atomic E-state index is 0.307. The van der Waals surface area contributed by atoms with Gasteiger partial charge in [-0.05, 0) is 30.5 Å². The van der Waals surface area contributed by atoms with Gasteiger partial charge in [0.05, 0.1) is 12.7 Å². The Morgan fingerprint density at radius 2 is 1.55 bits per heavy atom. The molecule has 0 spiro atoms. The quantitative estimate of drug-likeness (QED) is 0.770. The fourth-order valence-electron chi connectivity index (χ4n) is 2.05. The first-order chi connectivity index (χ1) is 9.75. The summed E-state index contributed by atoms with van der Waals surface area (Å²) >= 11 is 0. The van der Waals surface area contributed by atoms with Gasteiger partial charge in [-0.3, -0.25) is 0 Å². The molecule has 20 heavy (non-hydrogen) atoms. The van der Waals surface area contributed by atoms with Crippen LogP contribution in [0.5, 0.6) is 0 Å². The molecule has 1 N–H and O–H groups in total. The summed E-state index contributed by atoms with van der Waals surface area (Å²) in [5.74, 6) is 0. The first kappa shape index (κ1) is 14.8. The maximum atomic E-state index is 5.49. The van der Waals surface area contributed by atoms with E-state index in [1.807, 2.05) is 6.07 Å². The van der Waals surface area contributed by atoms with E-state index in [2.05, 4.69) is 67.7 Å². The zero-order valence-electron chi connectivity index (χ0n) is 12.3. The largest absolute Gasteiger partial charge is 0.377 e. The summed E-state index contributed by atoms with van der Waals surface area (Å²) in [6, 6.07) is 19.2. The lowest BCUT2D eigenvalue weighted by Gasteiger charge is -2.09. The molecule has 0 aliphatic rings. The molecular formula is C18H23NO. The van der Waals surface area contributed by atoms with E-state index in [1.54, 1.807) is 0 Å². The van der Waals surface area contributed by atoms with Gasteiger partial charge in [0.15, 0.2) is 0 Å². The lowest BCUT2D eigenvalue weighted by molar-refractivity contribution is 0.0807. The summed E-state index contributed by atoms with van der Waals surface area (Å²) in [5.41, 5.74) is 3.82. The molecule has 0 radical (unpaired) electrons. The van der Waals surface area contributed by atoms with Crippen LogP contribution in [0.15, 0.2) is 54.6 Å². The summed E-state index contributed by atoms with van der Waals surface area (Å²) in [6.45, 7) is 6.65. The first-order valence-corrected chi connectivity index (χ1v) is 7.22.